The van der Waals surface area contributed by atoms with E-state index in [4.69, 9.17) is 4.42 Å². The standard InChI is InChI=1S/C15H21N3O2/c1-12(2)15-14(17-11-20-15)10-18(6-7-19)9-13-4-3-5-16-8-13/h3-5,8,11-12,19H,6-7,9-10H2,1-2H3. The molecule has 2 rings (SSSR count). The third-order valence-corrected chi connectivity index (χ3v) is 3.12. The first-order valence-electron chi connectivity index (χ1n) is 6.85. The van der Waals surface area contributed by atoms with Gasteiger partial charge in [-0.3, -0.25) is 9.88 Å². The number of rotatable bonds is 7. The molecule has 2 aromatic heterocycles. The average molecular weight is 275 g/mol. The van der Waals surface area contributed by atoms with Gasteiger partial charge in [0.15, 0.2) is 6.39 Å². The van der Waals surface area contributed by atoms with Gasteiger partial charge in [-0.1, -0.05) is 19.9 Å². The van der Waals surface area contributed by atoms with E-state index in [2.05, 4.69) is 28.7 Å². The molecule has 0 aromatic carbocycles. The fourth-order valence-electron chi connectivity index (χ4n) is 2.18. The minimum Gasteiger partial charge on any atom is -0.448 e. The number of oxazole rings is 1. The lowest BCUT2D eigenvalue weighted by Gasteiger charge is -2.20. The van der Waals surface area contributed by atoms with E-state index in [-0.39, 0.29) is 6.61 Å². The fraction of sp³-hybridized carbons (Fsp3) is 0.467. The number of aromatic nitrogens is 2. The molecule has 0 bridgehead atoms. The topological polar surface area (TPSA) is 62.4 Å². The van der Waals surface area contributed by atoms with Crippen molar-refractivity contribution in [2.24, 2.45) is 0 Å². The molecule has 2 heterocycles. The molecule has 20 heavy (non-hydrogen) atoms. The van der Waals surface area contributed by atoms with Gasteiger partial charge in [-0.15, -0.1) is 0 Å². The van der Waals surface area contributed by atoms with E-state index >= 15 is 0 Å². The summed E-state index contributed by atoms with van der Waals surface area (Å²) in [6.45, 7) is 6.29. The summed E-state index contributed by atoms with van der Waals surface area (Å²) < 4.78 is 5.44. The van der Waals surface area contributed by atoms with E-state index in [1.54, 1.807) is 6.20 Å². The van der Waals surface area contributed by atoms with Crippen molar-refractivity contribution in [1.82, 2.24) is 14.9 Å². The van der Waals surface area contributed by atoms with Gasteiger partial charge in [0.05, 0.1) is 12.3 Å². The Kier molecular flexibility index (Phi) is 5.26. The Balaban J connectivity index is 2.07. The Bertz CT molecular complexity index is 511. The molecule has 0 fully saturated rings. The summed E-state index contributed by atoms with van der Waals surface area (Å²) >= 11 is 0. The Morgan fingerprint density at radius 2 is 2.20 bits per heavy atom. The molecule has 0 aliphatic rings. The van der Waals surface area contributed by atoms with E-state index in [0.29, 0.717) is 19.0 Å². The van der Waals surface area contributed by atoms with Crippen molar-refractivity contribution in [2.75, 3.05) is 13.2 Å². The van der Waals surface area contributed by atoms with Gasteiger partial charge >= 0.3 is 0 Å². The first kappa shape index (κ1) is 14.7. The van der Waals surface area contributed by atoms with Gasteiger partial charge < -0.3 is 9.52 Å². The summed E-state index contributed by atoms with van der Waals surface area (Å²) in [4.78, 5) is 10.6. The van der Waals surface area contributed by atoms with Gasteiger partial charge in [0.2, 0.25) is 0 Å². The van der Waals surface area contributed by atoms with Gasteiger partial charge in [0, 0.05) is 37.9 Å². The molecule has 5 heteroatoms. The fourth-order valence-corrected chi connectivity index (χ4v) is 2.18. The zero-order chi connectivity index (χ0) is 14.4. The van der Waals surface area contributed by atoms with Gasteiger partial charge in [-0.2, -0.15) is 0 Å². The van der Waals surface area contributed by atoms with Crippen LogP contribution in [-0.4, -0.2) is 33.1 Å². The number of pyridine rings is 1. The summed E-state index contributed by atoms with van der Waals surface area (Å²) in [5.41, 5.74) is 2.06. The Labute approximate surface area is 119 Å². The van der Waals surface area contributed by atoms with E-state index in [0.717, 1.165) is 23.6 Å². The van der Waals surface area contributed by atoms with Crippen LogP contribution in [0.25, 0.3) is 0 Å². The molecule has 0 saturated heterocycles. The van der Waals surface area contributed by atoms with Crippen molar-refractivity contribution < 1.29 is 9.52 Å². The maximum Gasteiger partial charge on any atom is 0.181 e. The van der Waals surface area contributed by atoms with Crippen LogP contribution in [0.5, 0.6) is 0 Å². The molecule has 0 amide bonds. The first-order valence-corrected chi connectivity index (χ1v) is 6.85. The molecule has 1 N–H and O–H groups in total. The minimum atomic E-state index is 0.120. The van der Waals surface area contributed by atoms with Gasteiger partial charge in [-0.05, 0) is 11.6 Å². The molecule has 0 saturated carbocycles. The number of hydrogen-bond acceptors (Lipinski definition) is 5. The largest absolute Gasteiger partial charge is 0.448 e. The molecule has 0 atom stereocenters. The predicted octanol–water partition coefficient (Wildman–Crippen LogP) is 2.19. The molecule has 108 valence electrons. The van der Waals surface area contributed by atoms with Crippen LogP contribution in [0.2, 0.25) is 0 Å². The highest BCUT2D eigenvalue weighted by Gasteiger charge is 2.15. The molecular weight excluding hydrogens is 254 g/mol. The zero-order valence-electron chi connectivity index (χ0n) is 12.0. The summed E-state index contributed by atoms with van der Waals surface area (Å²) in [6.07, 6.45) is 5.09. The normalized spacial score (nSPS) is 11.4. The van der Waals surface area contributed by atoms with E-state index in [1.807, 2.05) is 18.3 Å². The lowest BCUT2D eigenvalue weighted by Crippen LogP contribution is -2.26. The number of nitrogens with zero attached hydrogens (tertiary/aromatic N) is 3. The van der Waals surface area contributed by atoms with Gasteiger partial charge in [-0.25, -0.2) is 4.98 Å². The van der Waals surface area contributed by atoms with Crippen LogP contribution in [-0.2, 0) is 13.1 Å². The second kappa shape index (κ2) is 7.17. The van der Waals surface area contributed by atoms with Crippen LogP contribution in [0.15, 0.2) is 35.3 Å². The molecular formula is C15H21N3O2. The molecule has 0 radical (unpaired) electrons. The maximum absolute atomic E-state index is 9.22. The molecule has 0 unspecified atom stereocenters. The summed E-state index contributed by atoms with van der Waals surface area (Å²) in [5, 5.41) is 9.22. The second-order valence-corrected chi connectivity index (χ2v) is 5.11. The molecule has 0 aliphatic heterocycles. The number of aliphatic hydroxyl groups is 1. The summed E-state index contributed by atoms with van der Waals surface area (Å²) in [7, 11) is 0. The quantitative estimate of drug-likeness (QED) is 0.839. The van der Waals surface area contributed by atoms with Gasteiger partial charge in [0.25, 0.3) is 0 Å². The van der Waals surface area contributed by atoms with Crippen LogP contribution in [0, 0.1) is 0 Å². The molecule has 2 aromatic rings. The number of hydrogen-bond donors (Lipinski definition) is 1. The molecule has 0 aliphatic carbocycles. The van der Waals surface area contributed by atoms with Crippen molar-refractivity contribution in [1.29, 1.82) is 0 Å². The highest BCUT2D eigenvalue weighted by molar-refractivity contribution is 5.12. The van der Waals surface area contributed by atoms with Crippen LogP contribution in [0.1, 0.15) is 36.8 Å². The van der Waals surface area contributed by atoms with E-state index in [9.17, 15) is 5.11 Å². The lowest BCUT2D eigenvalue weighted by molar-refractivity contribution is 0.182. The van der Waals surface area contributed by atoms with E-state index < -0.39 is 0 Å². The van der Waals surface area contributed by atoms with Crippen molar-refractivity contribution >= 4 is 0 Å². The first-order chi connectivity index (χ1) is 9.70. The number of aliphatic hydroxyl groups excluding tert-OH is 1. The Morgan fingerprint density at radius 1 is 1.35 bits per heavy atom. The second-order valence-electron chi connectivity index (χ2n) is 5.11. The third-order valence-electron chi connectivity index (χ3n) is 3.12. The van der Waals surface area contributed by atoms with Crippen molar-refractivity contribution in [3.05, 3.63) is 47.9 Å². The third kappa shape index (κ3) is 3.88. The van der Waals surface area contributed by atoms with Crippen LogP contribution < -0.4 is 0 Å². The minimum absolute atomic E-state index is 0.120. The SMILES string of the molecule is CC(C)c1ocnc1CN(CCO)Cc1cccnc1. The Morgan fingerprint density at radius 3 is 2.85 bits per heavy atom. The maximum atomic E-state index is 9.22. The van der Waals surface area contributed by atoms with Crippen LogP contribution in [0.4, 0.5) is 0 Å². The predicted molar refractivity (Wildman–Crippen MR) is 76.0 cm³/mol. The van der Waals surface area contributed by atoms with E-state index in [1.165, 1.54) is 6.39 Å². The van der Waals surface area contributed by atoms with Crippen molar-refractivity contribution in [3.63, 3.8) is 0 Å². The summed E-state index contributed by atoms with van der Waals surface area (Å²) in [5.74, 6) is 1.22. The highest BCUT2D eigenvalue weighted by Crippen LogP contribution is 2.20. The van der Waals surface area contributed by atoms with Crippen molar-refractivity contribution in [2.45, 2.75) is 32.9 Å². The zero-order valence-corrected chi connectivity index (χ0v) is 12.0. The van der Waals surface area contributed by atoms with Crippen LogP contribution >= 0.6 is 0 Å². The lowest BCUT2D eigenvalue weighted by atomic mass is 10.1. The monoisotopic (exact) mass is 275 g/mol. The summed E-state index contributed by atoms with van der Waals surface area (Å²) in [6, 6.07) is 3.95. The average Bonchev–Trinajstić information content (AvgIpc) is 2.88. The Hall–Kier alpha value is -1.72. The van der Waals surface area contributed by atoms with Crippen LogP contribution in [0.3, 0.4) is 0 Å². The van der Waals surface area contributed by atoms with Crippen molar-refractivity contribution in [3.8, 4) is 0 Å². The highest BCUT2D eigenvalue weighted by atomic mass is 16.3. The molecule has 0 spiro atoms. The molecule has 5 nitrogen and oxygen atoms in total. The van der Waals surface area contributed by atoms with Gasteiger partial charge in [0.1, 0.15) is 5.76 Å². The smallest absolute Gasteiger partial charge is 0.181 e.